The molecule has 1 aliphatic rings. The van der Waals surface area contributed by atoms with Crippen LogP contribution in [0.5, 0.6) is 11.5 Å². The van der Waals surface area contributed by atoms with E-state index in [9.17, 15) is 0 Å². The minimum atomic E-state index is -0.677. The average molecular weight is 244 g/mol. The van der Waals surface area contributed by atoms with Crippen molar-refractivity contribution in [2.75, 3.05) is 0 Å². The van der Waals surface area contributed by atoms with E-state index in [0.717, 1.165) is 0 Å². The molecule has 0 spiro atoms. The van der Waals surface area contributed by atoms with Crippen LogP contribution in [0.1, 0.15) is 31.7 Å². The fraction of sp³-hybridized carbons (Fsp3) is 0.250. The molecular formula is C16H17BO. The van der Waals surface area contributed by atoms with Crippen LogP contribution in [0.15, 0.2) is 48.3 Å². The van der Waals surface area contributed by atoms with Gasteiger partial charge in [0.2, 0.25) is 6.71 Å². The highest BCUT2D eigenvalue weighted by Crippen LogP contribution is 2.34. The van der Waals surface area contributed by atoms with Crippen LogP contribution in [0.4, 0.5) is 0 Å². The van der Waals surface area contributed by atoms with Crippen LogP contribution in [0, 0.1) is 0 Å². The molecule has 2 aromatic carbocycles. The van der Waals surface area contributed by atoms with Crippen molar-refractivity contribution >= 4 is 17.6 Å². The molecule has 0 radical (unpaired) electrons. The Morgan fingerprint density at radius 3 is 1.78 bits per heavy atom. The quantitative estimate of drug-likeness (QED) is 0.646. The Balaban J connectivity index is 2.51. The molecule has 18 heavy (non-hydrogen) atoms. The van der Waals surface area contributed by atoms with Gasteiger partial charge in [-0.2, -0.15) is 0 Å². The molecule has 0 bridgehead atoms. The summed E-state index contributed by atoms with van der Waals surface area (Å²) in [7, 11) is 0. The normalized spacial score (nSPS) is 19.8. The fourth-order valence-corrected chi connectivity index (χ4v) is 2.30. The molecule has 0 unspecified atom stereocenters. The molecule has 0 fully saturated rings. The van der Waals surface area contributed by atoms with Crippen molar-refractivity contribution < 1.29 is 15.7 Å². The zero-order valence-electron chi connectivity index (χ0n) is 18.5. The van der Waals surface area contributed by atoms with E-state index in [-0.39, 0.29) is 46.6 Å². The van der Waals surface area contributed by atoms with Gasteiger partial charge < -0.3 is 4.74 Å². The molecule has 0 saturated carbocycles. The van der Waals surface area contributed by atoms with Crippen LogP contribution in [-0.2, 0) is 0 Å². The molecule has 0 aromatic heterocycles. The third-order valence-corrected chi connectivity index (χ3v) is 3.01. The van der Waals surface area contributed by atoms with Gasteiger partial charge >= 0.3 is 0 Å². The molecule has 0 aliphatic carbocycles. The van der Waals surface area contributed by atoms with Gasteiger partial charge in [0.05, 0.1) is 11.0 Å². The molecule has 1 nitrogen and oxygen atoms in total. The first kappa shape index (κ1) is 5.52. The maximum absolute atomic E-state index is 8.32. The molecule has 3 rings (SSSR count). The molecule has 0 saturated heterocycles. The monoisotopic (exact) mass is 244 g/mol. The largest absolute Gasteiger partial charge is 0.458 e. The summed E-state index contributed by atoms with van der Waals surface area (Å²) in [5.74, 6) is -0.151. The zero-order valence-corrected chi connectivity index (χ0v) is 10.5. The summed E-state index contributed by atoms with van der Waals surface area (Å²) in [4.78, 5) is 0. The molecule has 2 heteroatoms. The summed E-state index contributed by atoms with van der Waals surface area (Å²) in [6, 6.07) is -2.87. The van der Waals surface area contributed by atoms with Gasteiger partial charge in [-0.15, -0.1) is 0 Å². The first-order chi connectivity index (χ1) is 11.9. The number of ether oxygens (including phenoxy) is 1. The lowest BCUT2D eigenvalue weighted by Crippen LogP contribution is -2.52. The first-order valence-corrected chi connectivity index (χ1v) is 5.77. The number of hydrogen-bond acceptors (Lipinski definition) is 1. The summed E-state index contributed by atoms with van der Waals surface area (Å²) < 4.78 is 70.3. The molecular weight excluding hydrogens is 219 g/mol. The van der Waals surface area contributed by atoms with Gasteiger partial charge in [0.25, 0.3) is 0 Å². The van der Waals surface area contributed by atoms with Crippen LogP contribution >= 0.6 is 0 Å². The molecule has 0 atom stereocenters. The molecule has 0 amide bonds. The smallest absolute Gasteiger partial charge is 0.224 e. The van der Waals surface area contributed by atoms with Gasteiger partial charge in [0.15, 0.2) is 0 Å². The standard InChI is InChI=1S/C16H17BO/c1-16(2,3)17-12-8-4-6-10-14(12)18-15-11-7-5-9-13(15)17/h4-11H,1-3H3/i4D,5D,6D,7D,8D,9D,10D,11D. The molecule has 0 N–H and O–H groups in total. The van der Waals surface area contributed by atoms with Crippen molar-refractivity contribution in [3.63, 3.8) is 0 Å². The lowest BCUT2D eigenvalue weighted by molar-refractivity contribution is 0.486. The Bertz CT molecular complexity index is 882. The van der Waals surface area contributed by atoms with E-state index in [4.69, 9.17) is 15.7 Å². The third-order valence-electron chi connectivity index (χ3n) is 3.01. The molecule has 1 heterocycles. The van der Waals surface area contributed by atoms with Crippen molar-refractivity contribution in [3.8, 4) is 11.5 Å². The van der Waals surface area contributed by atoms with E-state index in [2.05, 4.69) is 0 Å². The van der Waals surface area contributed by atoms with Gasteiger partial charge in [-0.05, 0) is 28.3 Å². The summed E-state index contributed by atoms with van der Waals surface area (Å²) >= 11 is 0. The lowest BCUT2D eigenvalue weighted by atomic mass is 9.28. The Labute approximate surface area is 120 Å². The van der Waals surface area contributed by atoms with Crippen LogP contribution < -0.4 is 15.7 Å². The second-order valence-corrected chi connectivity index (χ2v) is 5.39. The van der Waals surface area contributed by atoms with Crippen molar-refractivity contribution in [1.29, 1.82) is 0 Å². The highest BCUT2D eigenvalue weighted by Gasteiger charge is 2.38. The summed E-state index contributed by atoms with van der Waals surface area (Å²) in [5.41, 5.74) is 0.446. The zero-order chi connectivity index (χ0) is 19.7. The maximum Gasteiger partial charge on any atom is 0.224 e. The van der Waals surface area contributed by atoms with E-state index < -0.39 is 36.2 Å². The third kappa shape index (κ3) is 1.73. The van der Waals surface area contributed by atoms with E-state index in [1.165, 1.54) is 0 Å². The van der Waals surface area contributed by atoms with Crippen molar-refractivity contribution in [3.05, 3.63) is 48.3 Å². The number of rotatable bonds is 0. The lowest BCUT2D eigenvalue weighted by Gasteiger charge is -2.34. The van der Waals surface area contributed by atoms with Gasteiger partial charge in [0.1, 0.15) is 11.5 Å². The van der Waals surface area contributed by atoms with Crippen molar-refractivity contribution in [1.82, 2.24) is 0 Å². The first-order valence-electron chi connectivity index (χ1n) is 9.77. The van der Waals surface area contributed by atoms with E-state index >= 15 is 0 Å². The summed E-state index contributed by atoms with van der Waals surface area (Å²) in [5, 5.41) is -0.580. The van der Waals surface area contributed by atoms with E-state index in [1.54, 1.807) is 0 Å². The van der Waals surface area contributed by atoms with Crippen LogP contribution in [-0.4, -0.2) is 6.71 Å². The summed E-state index contributed by atoms with van der Waals surface area (Å²) in [6.07, 6.45) is 0. The number of hydrogen-bond donors (Lipinski definition) is 0. The van der Waals surface area contributed by atoms with E-state index in [1.807, 2.05) is 20.8 Å². The van der Waals surface area contributed by atoms with Gasteiger partial charge in [-0.1, -0.05) is 57.0 Å². The van der Waals surface area contributed by atoms with Crippen molar-refractivity contribution in [2.45, 2.75) is 26.1 Å². The van der Waals surface area contributed by atoms with Crippen LogP contribution in [0.3, 0.4) is 0 Å². The van der Waals surface area contributed by atoms with Crippen LogP contribution in [0.25, 0.3) is 0 Å². The second kappa shape index (κ2) is 3.91. The van der Waals surface area contributed by atoms with Gasteiger partial charge in [-0.25, -0.2) is 0 Å². The van der Waals surface area contributed by atoms with Crippen molar-refractivity contribution in [2.24, 2.45) is 0 Å². The second-order valence-electron chi connectivity index (χ2n) is 5.39. The minimum Gasteiger partial charge on any atom is -0.458 e. The fourth-order valence-electron chi connectivity index (χ4n) is 2.30. The maximum atomic E-state index is 8.32. The predicted molar refractivity (Wildman–Crippen MR) is 77.7 cm³/mol. The molecule has 2 aromatic rings. The predicted octanol–water partition coefficient (Wildman–Crippen LogP) is 3.20. The molecule has 90 valence electrons. The Kier molecular flexibility index (Phi) is 1.20. The topological polar surface area (TPSA) is 9.23 Å². The average Bonchev–Trinajstić information content (AvgIpc) is 2.58. The Morgan fingerprint density at radius 2 is 1.33 bits per heavy atom. The van der Waals surface area contributed by atoms with Gasteiger partial charge in [-0.3, -0.25) is 0 Å². The Morgan fingerprint density at radius 1 is 0.889 bits per heavy atom. The number of fused-ring (bicyclic) bond motifs is 2. The number of benzene rings is 2. The highest BCUT2D eigenvalue weighted by atomic mass is 16.5. The van der Waals surface area contributed by atoms with Crippen LogP contribution in [0.2, 0.25) is 5.31 Å². The van der Waals surface area contributed by atoms with E-state index in [0.29, 0.717) is 0 Å². The summed E-state index contributed by atoms with van der Waals surface area (Å²) in [6.45, 7) is 4.90. The minimum absolute atomic E-state index is 0.0755. The number of para-hydroxylation sites is 2. The SMILES string of the molecule is [2H]c1c([2H])c([2H])c2c(c1[2H])Oc1c([2H])c([2H])c([2H])c([2H])c1B2C(C)(C)C. The molecule has 1 aliphatic heterocycles. The van der Waals surface area contributed by atoms with Gasteiger partial charge in [0, 0.05) is 0 Å². The highest BCUT2D eigenvalue weighted by molar-refractivity contribution is 6.89. The Hall–Kier alpha value is -1.70.